The molecule has 1 aliphatic carbocycles. The molecule has 2 N–H and O–H groups in total. The molecule has 0 spiro atoms. The Morgan fingerprint density at radius 1 is 1.00 bits per heavy atom. The largest absolute Gasteiger partial charge is 0.497 e. The summed E-state index contributed by atoms with van der Waals surface area (Å²) in [5, 5.41) is 6.29. The molecule has 3 rings (SSSR count). The summed E-state index contributed by atoms with van der Waals surface area (Å²) in [7, 11) is 1.59. The van der Waals surface area contributed by atoms with Crippen LogP contribution in [0.2, 0.25) is 0 Å². The fourth-order valence-corrected chi connectivity index (χ4v) is 4.41. The van der Waals surface area contributed by atoms with Crippen LogP contribution in [0.5, 0.6) is 5.75 Å². The lowest BCUT2D eigenvalue weighted by Gasteiger charge is -2.36. The molecule has 0 aromatic heterocycles. The summed E-state index contributed by atoms with van der Waals surface area (Å²) < 4.78 is 5.14. The second-order valence-electron chi connectivity index (χ2n) is 8.24. The Kier molecular flexibility index (Phi) is 7.71. The van der Waals surface area contributed by atoms with Gasteiger partial charge in [0.2, 0.25) is 11.8 Å². The van der Waals surface area contributed by atoms with Crippen molar-refractivity contribution in [2.24, 2.45) is 5.92 Å². The molecule has 2 fully saturated rings. The van der Waals surface area contributed by atoms with E-state index in [2.05, 4.69) is 10.6 Å². The highest BCUT2D eigenvalue weighted by Gasteiger charge is 2.32. The summed E-state index contributed by atoms with van der Waals surface area (Å²) in [6.45, 7) is 3.08. The number of carbonyl (C=O) groups excluding carboxylic acids is 3. The highest BCUT2D eigenvalue weighted by molar-refractivity contribution is 5.94. The first-order chi connectivity index (χ1) is 14.5. The first-order valence-corrected chi connectivity index (χ1v) is 11.0. The number of ether oxygens (including phenoxy) is 1. The smallest absolute Gasteiger partial charge is 0.251 e. The van der Waals surface area contributed by atoms with E-state index in [0.29, 0.717) is 24.3 Å². The van der Waals surface area contributed by atoms with Crippen LogP contribution < -0.4 is 15.4 Å². The van der Waals surface area contributed by atoms with Crippen LogP contribution in [-0.4, -0.2) is 54.9 Å². The maximum absolute atomic E-state index is 12.9. The maximum atomic E-state index is 12.9. The zero-order valence-corrected chi connectivity index (χ0v) is 18.0. The van der Waals surface area contributed by atoms with Crippen molar-refractivity contribution in [2.75, 3.05) is 20.2 Å². The Labute approximate surface area is 178 Å². The molecule has 1 saturated carbocycles. The Morgan fingerprint density at radius 3 is 2.30 bits per heavy atom. The average molecular weight is 416 g/mol. The van der Waals surface area contributed by atoms with Crippen LogP contribution in [0.4, 0.5) is 0 Å². The van der Waals surface area contributed by atoms with Gasteiger partial charge in [0.1, 0.15) is 5.75 Å². The topological polar surface area (TPSA) is 87.7 Å². The van der Waals surface area contributed by atoms with E-state index in [1.165, 1.54) is 0 Å². The summed E-state index contributed by atoms with van der Waals surface area (Å²) in [4.78, 5) is 39.4. The molecular weight excluding hydrogens is 382 g/mol. The van der Waals surface area contributed by atoms with Crippen molar-refractivity contribution < 1.29 is 19.1 Å². The molecule has 0 bridgehead atoms. The molecule has 1 aliphatic heterocycles. The van der Waals surface area contributed by atoms with Crippen LogP contribution >= 0.6 is 0 Å². The van der Waals surface area contributed by atoms with E-state index in [1.807, 2.05) is 6.92 Å². The number of methoxy groups -OCH3 is 1. The van der Waals surface area contributed by atoms with Crippen LogP contribution in [-0.2, 0) is 9.59 Å². The zero-order chi connectivity index (χ0) is 21.5. The number of rotatable bonds is 6. The molecule has 7 nitrogen and oxygen atoms in total. The molecule has 3 atom stereocenters. The number of piperidine rings is 1. The van der Waals surface area contributed by atoms with E-state index in [9.17, 15) is 14.4 Å². The lowest BCUT2D eigenvalue weighted by molar-refractivity contribution is -0.135. The Morgan fingerprint density at radius 2 is 1.67 bits per heavy atom. The van der Waals surface area contributed by atoms with Gasteiger partial charge >= 0.3 is 0 Å². The number of amides is 3. The molecular formula is C23H33N3O4. The zero-order valence-electron chi connectivity index (χ0n) is 18.0. The van der Waals surface area contributed by atoms with Gasteiger partial charge in [-0.15, -0.1) is 0 Å². The Hall–Kier alpha value is -2.57. The molecule has 7 heteroatoms. The minimum atomic E-state index is -0.172. The molecule has 1 aromatic carbocycles. The predicted molar refractivity (Wildman–Crippen MR) is 114 cm³/mol. The fraction of sp³-hybridized carbons (Fsp3) is 0.609. The standard InChI is InChI=1S/C23H33N3O4/c1-3-21(27)26-14-6-7-17(15-26)23(29)25-20-9-5-4-8-19(20)24-22(28)16-10-12-18(30-2)13-11-16/h10-13,17,19-20H,3-9,14-15H2,1-2H3,(H,24,28)(H,25,29)/t17-,19-,20-/m1/s1. The van der Waals surface area contributed by atoms with Crippen LogP contribution in [0.3, 0.4) is 0 Å². The van der Waals surface area contributed by atoms with Crippen LogP contribution in [0.25, 0.3) is 0 Å². The van der Waals surface area contributed by atoms with E-state index < -0.39 is 0 Å². The maximum Gasteiger partial charge on any atom is 0.251 e. The molecule has 2 aliphatic rings. The average Bonchev–Trinajstić information content (AvgIpc) is 2.79. The Balaban J connectivity index is 1.58. The summed E-state index contributed by atoms with van der Waals surface area (Å²) in [6, 6.07) is 6.85. The van der Waals surface area contributed by atoms with Gasteiger partial charge in [-0.2, -0.15) is 0 Å². The lowest BCUT2D eigenvalue weighted by Crippen LogP contribution is -2.55. The van der Waals surface area contributed by atoms with Crippen molar-refractivity contribution >= 4 is 17.7 Å². The summed E-state index contributed by atoms with van der Waals surface area (Å²) >= 11 is 0. The van der Waals surface area contributed by atoms with E-state index in [1.54, 1.807) is 36.3 Å². The van der Waals surface area contributed by atoms with Gasteiger partial charge in [0.05, 0.1) is 13.0 Å². The Bertz CT molecular complexity index is 749. The molecule has 1 heterocycles. The number of carbonyl (C=O) groups is 3. The van der Waals surface area contributed by atoms with Gasteiger partial charge in [0.15, 0.2) is 0 Å². The van der Waals surface area contributed by atoms with Crippen LogP contribution in [0, 0.1) is 5.92 Å². The van der Waals surface area contributed by atoms with Gasteiger partial charge in [-0.3, -0.25) is 14.4 Å². The van der Waals surface area contributed by atoms with E-state index in [0.717, 1.165) is 45.1 Å². The van der Waals surface area contributed by atoms with Gasteiger partial charge in [-0.1, -0.05) is 19.8 Å². The molecule has 0 unspecified atom stereocenters. The number of benzene rings is 1. The third-order valence-electron chi connectivity index (χ3n) is 6.21. The molecule has 0 radical (unpaired) electrons. The number of hydrogen-bond acceptors (Lipinski definition) is 4. The van der Waals surface area contributed by atoms with Crippen molar-refractivity contribution in [3.05, 3.63) is 29.8 Å². The summed E-state index contributed by atoms with van der Waals surface area (Å²) in [5.41, 5.74) is 0.576. The summed E-state index contributed by atoms with van der Waals surface area (Å²) in [6.07, 6.45) is 5.88. The second kappa shape index (κ2) is 10.5. The van der Waals surface area contributed by atoms with Gasteiger partial charge in [-0.05, 0) is 49.9 Å². The first kappa shape index (κ1) is 22.1. The van der Waals surface area contributed by atoms with Gasteiger partial charge in [0.25, 0.3) is 5.91 Å². The number of nitrogens with one attached hydrogen (secondary N) is 2. The van der Waals surface area contributed by atoms with Crippen molar-refractivity contribution in [1.29, 1.82) is 0 Å². The van der Waals surface area contributed by atoms with Crippen molar-refractivity contribution in [2.45, 2.75) is 64.0 Å². The first-order valence-electron chi connectivity index (χ1n) is 11.0. The number of nitrogens with zero attached hydrogens (tertiary/aromatic N) is 1. The van der Waals surface area contributed by atoms with Crippen LogP contribution in [0.1, 0.15) is 62.2 Å². The van der Waals surface area contributed by atoms with Gasteiger partial charge in [-0.25, -0.2) is 0 Å². The quantitative estimate of drug-likeness (QED) is 0.747. The highest BCUT2D eigenvalue weighted by Crippen LogP contribution is 2.22. The van der Waals surface area contributed by atoms with Crippen LogP contribution in [0.15, 0.2) is 24.3 Å². The fourth-order valence-electron chi connectivity index (χ4n) is 4.41. The molecule has 1 saturated heterocycles. The molecule has 164 valence electrons. The third kappa shape index (κ3) is 5.52. The minimum absolute atomic E-state index is 0.000741. The molecule has 1 aromatic rings. The molecule has 3 amide bonds. The van der Waals surface area contributed by atoms with Gasteiger partial charge in [0, 0.05) is 37.2 Å². The van der Waals surface area contributed by atoms with Crippen molar-refractivity contribution in [3.8, 4) is 5.75 Å². The lowest BCUT2D eigenvalue weighted by atomic mass is 9.88. The summed E-state index contributed by atoms with van der Waals surface area (Å²) in [5.74, 6) is 0.502. The third-order valence-corrected chi connectivity index (χ3v) is 6.21. The SMILES string of the molecule is CCC(=O)N1CCC[C@@H](C(=O)N[C@@H]2CCCC[C@H]2NC(=O)c2ccc(OC)cc2)C1. The van der Waals surface area contributed by atoms with Gasteiger partial charge < -0.3 is 20.3 Å². The highest BCUT2D eigenvalue weighted by atomic mass is 16.5. The van der Waals surface area contributed by atoms with E-state index >= 15 is 0 Å². The minimum Gasteiger partial charge on any atom is -0.497 e. The van der Waals surface area contributed by atoms with E-state index in [4.69, 9.17) is 4.74 Å². The normalized spacial score (nSPS) is 24.1. The number of likely N-dealkylation sites (tertiary alicyclic amines) is 1. The van der Waals surface area contributed by atoms with Crippen molar-refractivity contribution in [1.82, 2.24) is 15.5 Å². The molecule has 30 heavy (non-hydrogen) atoms. The second-order valence-corrected chi connectivity index (χ2v) is 8.24. The predicted octanol–water partition coefficient (Wildman–Crippen LogP) is 2.50. The van der Waals surface area contributed by atoms with Crippen molar-refractivity contribution in [3.63, 3.8) is 0 Å². The van der Waals surface area contributed by atoms with E-state index in [-0.39, 0.29) is 35.7 Å². The number of hydrogen-bond donors (Lipinski definition) is 2. The monoisotopic (exact) mass is 415 g/mol.